The van der Waals surface area contributed by atoms with Crippen LogP contribution in [0.2, 0.25) is 5.28 Å². The van der Waals surface area contributed by atoms with Gasteiger partial charge in [-0.3, -0.25) is 14.0 Å². The number of amides is 2. The van der Waals surface area contributed by atoms with Crippen LogP contribution in [0.15, 0.2) is 129 Å². The summed E-state index contributed by atoms with van der Waals surface area (Å²) in [6, 6.07) is 23.5. The van der Waals surface area contributed by atoms with Crippen LogP contribution >= 0.6 is 11.6 Å². The summed E-state index contributed by atoms with van der Waals surface area (Å²) in [5, 5.41) is 44.7. The lowest BCUT2D eigenvalue weighted by Gasteiger charge is -2.33. The first-order valence-corrected chi connectivity index (χ1v) is 33.8. The van der Waals surface area contributed by atoms with E-state index in [1.165, 1.54) is 38.3 Å². The highest BCUT2D eigenvalue weighted by Crippen LogP contribution is 2.31. The Morgan fingerprint density at radius 1 is 0.461 bits per heavy atom. The number of rotatable bonds is 13. The summed E-state index contributed by atoms with van der Waals surface area (Å²) in [5.41, 5.74) is 13.1. The Balaban J connectivity index is 0.000000134. The normalized spacial score (nSPS) is 14.6. The van der Waals surface area contributed by atoms with Gasteiger partial charge in [-0.15, -0.1) is 15.3 Å². The van der Waals surface area contributed by atoms with Crippen molar-refractivity contribution < 1.29 is 33.3 Å². The number of nitrogens with two attached hydrogens (primary N) is 1. The monoisotopic (exact) mass is 1410 g/mol. The molecule has 0 radical (unpaired) electrons. The van der Waals surface area contributed by atoms with Gasteiger partial charge in [0.15, 0.2) is 33.5 Å². The molecular weight excluding hydrogens is 1330 g/mol. The molecule has 4 N–H and O–H groups in total. The van der Waals surface area contributed by atoms with E-state index in [0.717, 1.165) is 71.4 Å². The first-order valence-electron chi connectivity index (χ1n) is 33.4. The van der Waals surface area contributed by atoms with E-state index >= 15 is 0 Å². The standard InChI is InChI=1S/C24H29N9O3.C20H22N8O.C13H22N4O2.C11H8ClN5O/c1-24(2,3)36-23(34)31-11-9-17(10-12-31)32-15-16(13-26-32)27-22-25-14-20-21(28-22)33(30-29-20)18-5-7-19(35-4)8-6-18;1-29-17-9-7-16(8-10-17)28-19-18(25-26-28)12-21-20(24-19)23-14-11-22-27(13-14)15-5-3-2-4-6-15;1-13(2,3)19-12(18)16-6-4-11(5-7-16)17-9-10(14)8-15-17;1-18-8-4-2-7(3-5-8)17-10-9(15-16-17)6-13-11(12)14-10/h5-8,13-15,17H,9-12H2,1-4H3,(H,25,27,28);7-13,15H,2-6H2,1H3,(H,21,23,24);8-9,11H,4-7,14H2,1-3H3;2-6H,1H3. The van der Waals surface area contributed by atoms with Crippen molar-refractivity contribution in [2.24, 2.45) is 0 Å². The molecule has 3 aromatic carbocycles. The maximum atomic E-state index is 12.3. The molecule has 34 heteroatoms. The van der Waals surface area contributed by atoms with E-state index in [2.05, 4.69) is 91.5 Å². The second-order valence-electron chi connectivity index (χ2n) is 26.4. The van der Waals surface area contributed by atoms with Gasteiger partial charge in [-0.25, -0.2) is 24.5 Å². The largest absolute Gasteiger partial charge is 0.497 e. The Morgan fingerprint density at radius 3 is 1.18 bits per heavy atom. The highest BCUT2D eigenvalue weighted by atomic mass is 35.5. The minimum absolute atomic E-state index is 0.166. The molecule has 1 aliphatic carbocycles. The molecule has 9 aromatic heterocycles. The number of likely N-dealkylation sites (tertiary alicyclic amines) is 2. The molecular formula is C68H81ClN26O7. The number of anilines is 5. The second-order valence-corrected chi connectivity index (χ2v) is 26.7. The number of hydrogen-bond donors (Lipinski definition) is 3. The van der Waals surface area contributed by atoms with Crippen LogP contribution in [0.1, 0.15) is 117 Å². The van der Waals surface area contributed by atoms with Gasteiger partial charge in [-0.2, -0.15) is 44.3 Å². The fourth-order valence-corrected chi connectivity index (χ4v) is 11.7. The number of nitrogen functional groups attached to an aromatic ring is 1. The smallest absolute Gasteiger partial charge is 0.410 e. The van der Waals surface area contributed by atoms with E-state index < -0.39 is 11.2 Å². The quantitative estimate of drug-likeness (QED) is 0.0903. The van der Waals surface area contributed by atoms with Gasteiger partial charge in [0.1, 0.15) is 28.5 Å². The average molecular weight is 1410 g/mol. The number of fused-ring (bicyclic) bond motifs is 3. The molecule has 1 saturated carbocycles. The third kappa shape index (κ3) is 17.7. The lowest BCUT2D eigenvalue weighted by Crippen LogP contribution is -2.42. The zero-order valence-electron chi connectivity index (χ0n) is 58.1. The van der Waals surface area contributed by atoms with Gasteiger partial charge < -0.3 is 49.9 Å². The van der Waals surface area contributed by atoms with Crippen LogP contribution < -0.4 is 30.6 Å². The SMILES string of the molecule is CC(C)(C)OC(=O)N1CCC(n2cc(N)cn2)CC1.COc1ccc(-n2nnc3cnc(Cl)nc32)cc1.COc1ccc(-n2nnc3cnc(Nc4cnn(C5CCCCC5)c4)nc32)cc1.COc1ccc(-n2nnc3cnc(Nc4cnn(C5CCN(C(=O)OC(C)(C)C)CC5)c4)nc32)cc1. The summed E-state index contributed by atoms with van der Waals surface area (Å²) < 4.78 is 37.2. The fourth-order valence-electron chi connectivity index (χ4n) is 11.6. The molecule has 2 aliphatic heterocycles. The van der Waals surface area contributed by atoms with Crippen molar-refractivity contribution in [3.05, 3.63) is 134 Å². The Kier molecular flexibility index (Phi) is 21.5. The summed E-state index contributed by atoms with van der Waals surface area (Å²) in [6.45, 7) is 13.9. The molecule has 2 amide bonds. The number of methoxy groups -OCH3 is 3. The molecule has 12 aromatic rings. The van der Waals surface area contributed by atoms with E-state index in [1.807, 2.05) is 148 Å². The van der Waals surface area contributed by atoms with Crippen molar-refractivity contribution in [1.82, 2.24) is 114 Å². The Hall–Kier alpha value is -11.6. The van der Waals surface area contributed by atoms with Gasteiger partial charge in [-0.05, 0) is 164 Å². The number of halogens is 1. The lowest BCUT2D eigenvalue weighted by atomic mass is 9.96. The maximum absolute atomic E-state index is 12.3. The molecule has 0 atom stereocenters. The van der Waals surface area contributed by atoms with Gasteiger partial charge >= 0.3 is 12.2 Å². The van der Waals surface area contributed by atoms with Gasteiger partial charge in [0.05, 0.1) is 111 Å². The molecule has 0 spiro atoms. The van der Waals surface area contributed by atoms with Crippen LogP contribution in [0.3, 0.4) is 0 Å². The van der Waals surface area contributed by atoms with Gasteiger partial charge in [0.25, 0.3) is 0 Å². The zero-order valence-corrected chi connectivity index (χ0v) is 58.9. The number of hydrogen-bond acceptors (Lipinski definition) is 25. The highest BCUT2D eigenvalue weighted by molar-refractivity contribution is 6.28. The van der Waals surface area contributed by atoms with E-state index in [1.54, 1.807) is 70.0 Å². The zero-order chi connectivity index (χ0) is 71.5. The molecule has 15 rings (SSSR count). The summed E-state index contributed by atoms with van der Waals surface area (Å²) in [7, 11) is 4.88. The van der Waals surface area contributed by atoms with Crippen LogP contribution in [0, 0.1) is 0 Å². The summed E-state index contributed by atoms with van der Waals surface area (Å²) >= 11 is 5.77. The number of ether oxygens (including phenoxy) is 5. The van der Waals surface area contributed by atoms with Crippen molar-refractivity contribution in [2.75, 3.05) is 63.9 Å². The molecule has 11 heterocycles. The number of carbonyl (C=O) groups is 2. The van der Waals surface area contributed by atoms with Crippen LogP contribution in [0.4, 0.5) is 38.5 Å². The predicted octanol–water partition coefficient (Wildman–Crippen LogP) is 11.3. The van der Waals surface area contributed by atoms with Crippen LogP contribution in [0.5, 0.6) is 17.2 Å². The Morgan fingerprint density at radius 2 is 0.814 bits per heavy atom. The fraction of sp³-hybridized carbons (Fsp3) is 0.397. The minimum Gasteiger partial charge on any atom is -0.497 e. The summed E-state index contributed by atoms with van der Waals surface area (Å²) in [5.74, 6) is 3.21. The topological polar surface area (TPSA) is 360 Å². The third-order valence-corrected chi connectivity index (χ3v) is 16.9. The molecule has 0 unspecified atom stereocenters. The van der Waals surface area contributed by atoms with Gasteiger partial charge in [0.2, 0.25) is 17.2 Å². The van der Waals surface area contributed by atoms with Gasteiger partial charge in [0, 0.05) is 44.8 Å². The maximum Gasteiger partial charge on any atom is 0.410 e. The van der Waals surface area contributed by atoms with E-state index in [0.29, 0.717) is 89.3 Å². The lowest BCUT2D eigenvalue weighted by molar-refractivity contribution is 0.0174. The van der Waals surface area contributed by atoms with Crippen LogP contribution in [-0.4, -0.2) is 185 Å². The molecule has 0 bridgehead atoms. The first kappa shape index (κ1) is 70.2. The number of nitrogens with zero attached hydrogens (tertiary/aromatic N) is 23. The Labute approximate surface area is 591 Å². The van der Waals surface area contributed by atoms with Crippen molar-refractivity contribution in [1.29, 1.82) is 0 Å². The highest BCUT2D eigenvalue weighted by Gasteiger charge is 2.30. The van der Waals surface area contributed by atoms with Crippen molar-refractivity contribution in [3.63, 3.8) is 0 Å². The predicted molar refractivity (Wildman–Crippen MR) is 380 cm³/mol. The molecule has 3 aliphatic rings. The van der Waals surface area contributed by atoms with Crippen LogP contribution in [0.25, 0.3) is 50.6 Å². The number of nitrogens with one attached hydrogen (secondary N) is 2. The van der Waals surface area contributed by atoms with E-state index in [-0.39, 0.29) is 23.5 Å². The molecule has 3 fully saturated rings. The molecule has 33 nitrogen and oxygen atoms in total. The summed E-state index contributed by atoms with van der Waals surface area (Å²) in [4.78, 5) is 53.7. The van der Waals surface area contributed by atoms with Crippen molar-refractivity contribution in [3.8, 4) is 34.3 Å². The van der Waals surface area contributed by atoms with Crippen molar-refractivity contribution >= 4 is 86.2 Å². The molecule has 102 heavy (non-hydrogen) atoms. The average Bonchev–Trinajstić information content (AvgIpc) is 1.61. The molecule has 2 saturated heterocycles. The number of carbonyl (C=O) groups excluding carboxylic acids is 2. The number of benzene rings is 3. The first-order chi connectivity index (χ1) is 49.2. The Bertz CT molecular complexity index is 4750. The van der Waals surface area contributed by atoms with E-state index in [9.17, 15) is 9.59 Å². The molecule has 532 valence electrons. The number of aromatic nitrogens is 21. The van der Waals surface area contributed by atoms with Crippen molar-refractivity contribution in [2.45, 2.75) is 129 Å². The van der Waals surface area contributed by atoms with Crippen LogP contribution in [-0.2, 0) is 9.47 Å². The summed E-state index contributed by atoms with van der Waals surface area (Å²) in [6.07, 6.45) is 25.0. The third-order valence-electron chi connectivity index (χ3n) is 16.8. The minimum atomic E-state index is -0.496. The second kappa shape index (κ2) is 31.3. The van der Waals surface area contributed by atoms with E-state index in [4.69, 9.17) is 41.0 Å². The van der Waals surface area contributed by atoms with Gasteiger partial charge in [-0.1, -0.05) is 34.9 Å². The number of piperidine rings is 2.